The molecule has 0 spiro atoms. The zero-order valence-electron chi connectivity index (χ0n) is 15.1. The molecular weight excluding hydrogens is 312 g/mol. The van der Waals surface area contributed by atoms with Crippen molar-refractivity contribution in [3.05, 3.63) is 48.7 Å². The van der Waals surface area contributed by atoms with E-state index < -0.39 is 6.10 Å². The Labute approximate surface area is 149 Å². The van der Waals surface area contributed by atoms with E-state index in [-0.39, 0.29) is 6.04 Å². The minimum Gasteiger partial charge on any atom is -0.497 e. The summed E-state index contributed by atoms with van der Waals surface area (Å²) in [6, 6.07) is 8.06. The van der Waals surface area contributed by atoms with Crippen molar-refractivity contribution in [2.75, 3.05) is 27.2 Å². The number of aromatic nitrogens is 1. The molecule has 0 amide bonds. The van der Waals surface area contributed by atoms with Crippen LogP contribution in [0.4, 0.5) is 0 Å². The largest absolute Gasteiger partial charge is 0.497 e. The summed E-state index contributed by atoms with van der Waals surface area (Å²) in [4.78, 5) is 4.45. The number of aliphatic hydroxyl groups excluding tert-OH is 1. The number of likely N-dealkylation sites (N-methyl/N-ethyl adjacent to an activating group) is 1. The first-order valence-corrected chi connectivity index (χ1v) is 9.13. The molecule has 0 aliphatic carbocycles. The molecule has 3 saturated heterocycles. The van der Waals surface area contributed by atoms with Gasteiger partial charge in [-0.15, -0.1) is 6.58 Å². The number of rotatable bonds is 4. The van der Waals surface area contributed by atoms with Gasteiger partial charge in [0.05, 0.1) is 32.8 Å². The van der Waals surface area contributed by atoms with Crippen LogP contribution in [-0.2, 0) is 0 Å². The Morgan fingerprint density at radius 1 is 1.40 bits per heavy atom. The van der Waals surface area contributed by atoms with Gasteiger partial charge in [0, 0.05) is 30.3 Å². The molecular formula is C21H27N2O2+. The number of hydrogen-bond acceptors (Lipinski definition) is 3. The Morgan fingerprint density at radius 2 is 2.24 bits per heavy atom. The number of hydrogen-bond donors (Lipinski definition) is 1. The van der Waals surface area contributed by atoms with Gasteiger partial charge in [0.2, 0.25) is 0 Å². The molecule has 0 radical (unpaired) electrons. The number of piperidine rings is 3. The highest BCUT2D eigenvalue weighted by molar-refractivity contribution is 5.83. The monoisotopic (exact) mass is 339 g/mol. The topological polar surface area (TPSA) is 42.4 Å². The van der Waals surface area contributed by atoms with E-state index in [1.54, 1.807) is 13.3 Å². The van der Waals surface area contributed by atoms with E-state index in [1.807, 2.05) is 24.3 Å². The van der Waals surface area contributed by atoms with Gasteiger partial charge >= 0.3 is 0 Å². The number of quaternary nitrogens is 1. The van der Waals surface area contributed by atoms with Crippen molar-refractivity contribution in [3.8, 4) is 5.75 Å². The highest BCUT2D eigenvalue weighted by Crippen LogP contribution is 2.45. The molecule has 3 aliphatic rings. The average molecular weight is 339 g/mol. The fourth-order valence-electron chi connectivity index (χ4n) is 5.03. The maximum Gasteiger partial charge on any atom is 0.131 e. The number of ether oxygens (including phenoxy) is 1. The lowest BCUT2D eigenvalue weighted by Crippen LogP contribution is -2.66. The molecule has 4 heteroatoms. The van der Waals surface area contributed by atoms with E-state index >= 15 is 0 Å². The maximum absolute atomic E-state index is 11.3. The van der Waals surface area contributed by atoms with Gasteiger partial charge in [-0.3, -0.25) is 4.98 Å². The summed E-state index contributed by atoms with van der Waals surface area (Å²) in [5, 5.41) is 12.3. The summed E-state index contributed by atoms with van der Waals surface area (Å²) >= 11 is 0. The summed E-state index contributed by atoms with van der Waals surface area (Å²) < 4.78 is 6.31. The highest BCUT2D eigenvalue weighted by atomic mass is 16.5. The Bertz CT molecular complexity index is 806. The molecule has 0 saturated carbocycles. The molecule has 2 bridgehead atoms. The van der Waals surface area contributed by atoms with Gasteiger partial charge in [-0.25, -0.2) is 0 Å². The van der Waals surface area contributed by atoms with Crippen LogP contribution in [0, 0.1) is 11.8 Å². The number of benzene rings is 1. The van der Waals surface area contributed by atoms with Crippen molar-refractivity contribution in [2.45, 2.75) is 25.0 Å². The Balaban J connectivity index is 1.73. The number of nitrogens with zero attached hydrogens (tertiary/aromatic N) is 2. The number of aliphatic hydroxyl groups is 1. The molecule has 5 rings (SSSR count). The SMILES string of the molecule is C=CC1C[N+]2(C)CCC1C[C@@H]2[C@H](O)c1ccnc2ccc(OC)cc12. The lowest BCUT2D eigenvalue weighted by atomic mass is 9.72. The van der Waals surface area contributed by atoms with Crippen LogP contribution in [0.25, 0.3) is 10.9 Å². The molecule has 1 aromatic carbocycles. The van der Waals surface area contributed by atoms with Crippen LogP contribution in [0.3, 0.4) is 0 Å². The number of pyridine rings is 1. The first-order valence-electron chi connectivity index (χ1n) is 9.13. The smallest absolute Gasteiger partial charge is 0.131 e. The van der Waals surface area contributed by atoms with Gasteiger partial charge in [0.1, 0.15) is 17.9 Å². The van der Waals surface area contributed by atoms with Gasteiger partial charge in [0.15, 0.2) is 0 Å². The van der Waals surface area contributed by atoms with Crippen LogP contribution in [0.2, 0.25) is 0 Å². The third-order valence-corrected chi connectivity index (χ3v) is 6.56. The molecule has 3 aliphatic heterocycles. The molecule has 1 aromatic heterocycles. The van der Waals surface area contributed by atoms with E-state index in [0.29, 0.717) is 11.8 Å². The summed E-state index contributed by atoms with van der Waals surface area (Å²) in [6.45, 7) is 6.26. The van der Waals surface area contributed by atoms with Crippen LogP contribution < -0.4 is 4.74 Å². The second kappa shape index (κ2) is 6.11. The van der Waals surface area contributed by atoms with Crippen molar-refractivity contribution < 1.29 is 14.3 Å². The van der Waals surface area contributed by atoms with Gasteiger partial charge in [-0.2, -0.15) is 0 Å². The Morgan fingerprint density at radius 3 is 2.96 bits per heavy atom. The van der Waals surface area contributed by atoms with Crippen LogP contribution >= 0.6 is 0 Å². The first kappa shape index (κ1) is 16.6. The second-order valence-electron chi connectivity index (χ2n) is 7.87. The molecule has 2 aromatic rings. The molecule has 4 heterocycles. The minimum absolute atomic E-state index is 0.228. The molecule has 5 atom stereocenters. The van der Waals surface area contributed by atoms with Gasteiger partial charge in [-0.05, 0) is 35.7 Å². The quantitative estimate of drug-likeness (QED) is 0.686. The lowest BCUT2D eigenvalue weighted by molar-refractivity contribution is -0.956. The summed E-state index contributed by atoms with van der Waals surface area (Å²) in [7, 11) is 3.96. The number of methoxy groups -OCH3 is 1. The van der Waals surface area contributed by atoms with Gasteiger partial charge in [-0.1, -0.05) is 6.08 Å². The van der Waals surface area contributed by atoms with Crippen molar-refractivity contribution in [1.29, 1.82) is 0 Å². The summed E-state index contributed by atoms with van der Waals surface area (Å²) in [5.41, 5.74) is 1.87. The highest BCUT2D eigenvalue weighted by Gasteiger charge is 2.51. The fraction of sp³-hybridized carbons (Fsp3) is 0.476. The molecule has 25 heavy (non-hydrogen) atoms. The van der Waals surface area contributed by atoms with E-state index in [0.717, 1.165) is 46.2 Å². The predicted octanol–water partition coefficient (Wildman–Crippen LogP) is 3.32. The first-order chi connectivity index (χ1) is 12.1. The average Bonchev–Trinajstić information content (AvgIpc) is 2.66. The number of fused-ring (bicyclic) bond motifs is 4. The second-order valence-corrected chi connectivity index (χ2v) is 7.87. The van der Waals surface area contributed by atoms with Crippen molar-refractivity contribution in [1.82, 2.24) is 4.98 Å². The van der Waals surface area contributed by atoms with Gasteiger partial charge in [0.25, 0.3) is 0 Å². The van der Waals surface area contributed by atoms with Crippen molar-refractivity contribution in [2.24, 2.45) is 11.8 Å². The normalized spacial score (nSPS) is 32.5. The zero-order chi connectivity index (χ0) is 17.6. The van der Waals surface area contributed by atoms with Gasteiger partial charge < -0.3 is 14.3 Å². The van der Waals surface area contributed by atoms with Crippen LogP contribution in [0.1, 0.15) is 24.5 Å². The maximum atomic E-state index is 11.3. The van der Waals surface area contributed by atoms with Crippen LogP contribution in [0.15, 0.2) is 43.1 Å². The van der Waals surface area contributed by atoms with Crippen LogP contribution in [-0.4, -0.2) is 47.9 Å². The van der Waals surface area contributed by atoms with E-state index in [9.17, 15) is 5.11 Å². The fourth-order valence-corrected chi connectivity index (χ4v) is 5.03. The Hall–Kier alpha value is -1.91. The van der Waals surface area contributed by atoms with Crippen molar-refractivity contribution in [3.63, 3.8) is 0 Å². The zero-order valence-corrected chi connectivity index (χ0v) is 15.1. The molecule has 3 fully saturated rings. The predicted molar refractivity (Wildman–Crippen MR) is 99.4 cm³/mol. The van der Waals surface area contributed by atoms with E-state index in [1.165, 1.54) is 6.42 Å². The minimum atomic E-state index is -0.490. The standard InChI is InChI=1S/C21H27N2O2/c1-4-14-13-23(2)10-8-15(14)11-20(23)21(24)17-7-9-22-19-6-5-16(25-3)12-18(17)19/h4-7,9,12,14-15,20-21,24H,1,8,10-11,13H2,2-3H3/q+1/t14?,15?,20-,21-,23?/m1/s1. The third-order valence-electron chi connectivity index (χ3n) is 6.56. The molecule has 3 unspecified atom stereocenters. The lowest BCUT2D eigenvalue weighted by Gasteiger charge is -2.56. The van der Waals surface area contributed by atoms with E-state index in [4.69, 9.17) is 4.74 Å². The Kier molecular flexibility index (Phi) is 4.05. The van der Waals surface area contributed by atoms with Crippen LogP contribution in [0.5, 0.6) is 5.75 Å². The summed E-state index contributed by atoms with van der Waals surface area (Å²) in [6.07, 6.45) is 5.73. The summed E-state index contributed by atoms with van der Waals surface area (Å²) in [5.74, 6) is 2.03. The molecule has 4 nitrogen and oxygen atoms in total. The third kappa shape index (κ3) is 2.64. The molecule has 132 valence electrons. The molecule has 1 N–H and O–H groups in total. The van der Waals surface area contributed by atoms with Crippen molar-refractivity contribution >= 4 is 10.9 Å². The van der Waals surface area contributed by atoms with E-state index in [2.05, 4.69) is 24.7 Å².